The standard InChI is InChI=1S/C18H18N2O/c1-12-5-3-7-14(9-12)10-20-18(21)16-11-19-17-13(2)6-4-8-15(16)17/h3-9,11,19H,10H2,1-2H3,(H,20,21). The maximum Gasteiger partial charge on any atom is 0.253 e. The van der Waals surface area contributed by atoms with Gasteiger partial charge in [-0.3, -0.25) is 4.79 Å². The summed E-state index contributed by atoms with van der Waals surface area (Å²) in [6, 6.07) is 14.1. The monoisotopic (exact) mass is 278 g/mol. The molecule has 0 aliphatic rings. The molecule has 1 aromatic heterocycles. The number of carbonyl (C=O) groups excluding carboxylic acids is 1. The highest BCUT2D eigenvalue weighted by Crippen LogP contribution is 2.21. The molecule has 0 radical (unpaired) electrons. The average Bonchev–Trinajstić information content (AvgIpc) is 2.90. The van der Waals surface area contributed by atoms with E-state index in [4.69, 9.17) is 0 Å². The van der Waals surface area contributed by atoms with Gasteiger partial charge < -0.3 is 10.3 Å². The second kappa shape index (κ2) is 5.44. The molecule has 0 aliphatic carbocycles. The van der Waals surface area contributed by atoms with Crippen LogP contribution in [0.25, 0.3) is 10.9 Å². The molecule has 0 aliphatic heterocycles. The minimum Gasteiger partial charge on any atom is -0.360 e. The summed E-state index contributed by atoms with van der Waals surface area (Å²) in [5, 5.41) is 3.95. The smallest absolute Gasteiger partial charge is 0.253 e. The SMILES string of the molecule is Cc1cccc(CNC(=O)c2c[nH]c3c(C)cccc23)c1. The van der Waals surface area contributed by atoms with Crippen molar-refractivity contribution in [1.82, 2.24) is 10.3 Å². The van der Waals surface area contributed by atoms with Gasteiger partial charge in [-0.1, -0.05) is 48.0 Å². The first-order chi connectivity index (χ1) is 10.1. The fourth-order valence-corrected chi connectivity index (χ4v) is 2.59. The lowest BCUT2D eigenvalue weighted by Crippen LogP contribution is -2.22. The number of hydrogen-bond acceptors (Lipinski definition) is 1. The van der Waals surface area contributed by atoms with Gasteiger partial charge in [-0.05, 0) is 25.0 Å². The predicted octanol–water partition coefficient (Wildman–Crippen LogP) is 3.71. The molecule has 3 heteroatoms. The Hall–Kier alpha value is -2.55. The van der Waals surface area contributed by atoms with Crippen molar-refractivity contribution in [1.29, 1.82) is 0 Å². The first kappa shape index (κ1) is 13.4. The maximum absolute atomic E-state index is 12.4. The van der Waals surface area contributed by atoms with E-state index >= 15 is 0 Å². The van der Waals surface area contributed by atoms with Gasteiger partial charge in [-0.2, -0.15) is 0 Å². The number of benzene rings is 2. The Morgan fingerprint density at radius 1 is 1.14 bits per heavy atom. The van der Waals surface area contributed by atoms with Crippen LogP contribution in [-0.4, -0.2) is 10.9 Å². The molecular formula is C18H18N2O. The quantitative estimate of drug-likeness (QED) is 0.753. The number of hydrogen-bond donors (Lipinski definition) is 2. The molecular weight excluding hydrogens is 260 g/mol. The molecule has 21 heavy (non-hydrogen) atoms. The van der Waals surface area contributed by atoms with E-state index in [1.54, 1.807) is 6.20 Å². The number of fused-ring (bicyclic) bond motifs is 1. The number of amides is 1. The van der Waals surface area contributed by atoms with Gasteiger partial charge in [0.15, 0.2) is 0 Å². The summed E-state index contributed by atoms with van der Waals surface area (Å²) in [4.78, 5) is 15.5. The lowest BCUT2D eigenvalue weighted by Gasteiger charge is -2.05. The van der Waals surface area contributed by atoms with E-state index in [1.807, 2.05) is 50.2 Å². The molecule has 2 aromatic carbocycles. The van der Waals surface area contributed by atoms with Crippen LogP contribution in [0.15, 0.2) is 48.7 Å². The normalized spacial score (nSPS) is 10.8. The Morgan fingerprint density at radius 3 is 2.76 bits per heavy atom. The zero-order chi connectivity index (χ0) is 14.8. The number of para-hydroxylation sites is 1. The van der Waals surface area contributed by atoms with Crippen LogP contribution in [0.4, 0.5) is 0 Å². The van der Waals surface area contributed by atoms with Crippen LogP contribution in [0.5, 0.6) is 0 Å². The van der Waals surface area contributed by atoms with Crippen LogP contribution in [0.2, 0.25) is 0 Å². The first-order valence-corrected chi connectivity index (χ1v) is 7.05. The molecule has 3 aromatic rings. The number of carbonyl (C=O) groups is 1. The molecule has 0 bridgehead atoms. The van der Waals surface area contributed by atoms with Crippen LogP contribution in [-0.2, 0) is 6.54 Å². The van der Waals surface area contributed by atoms with E-state index < -0.39 is 0 Å². The molecule has 3 rings (SSSR count). The number of aromatic amines is 1. The topological polar surface area (TPSA) is 44.9 Å². The molecule has 1 amide bonds. The fourth-order valence-electron chi connectivity index (χ4n) is 2.59. The van der Waals surface area contributed by atoms with E-state index in [0.717, 1.165) is 22.0 Å². The van der Waals surface area contributed by atoms with Crippen LogP contribution >= 0.6 is 0 Å². The summed E-state index contributed by atoms with van der Waals surface area (Å²) >= 11 is 0. The second-order valence-electron chi connectivity index (χ2n) is 5.37. The molecule has 0 saturated carbocycles. The summed E-state index contributed by atoms with van der Waals surface area (Å²) in [6.45, 7) is 4.63. The third-order valence-electron chi connectivity index (χ3n) is 3.70. The molecule has 0 saturated heterocycles. The molecule has 0 unspecified atom stereocenters. The highest BCUT2D eigenvalue weighted by atomic mass is 16.1. The number of rotatable bonds is 3. The molecule has 2 N–H and O–H groups in total. The third kappa shape index (κ3) is 2.68. The molecule has 0 fully saturated rings. The van der Waals surface area contributed by atoms with Crippen molar-refractivity contribution >= 4 is 16.8 Å². The molecule has 3 nitrogen and oxygen atoms in total. The molecule has 106 valence electrons. The lowest BCUT2D eigenvalue weighted by molar-refractivity contribution is 0.0952. The Bertz CT molecular complexity index is 802. The van der Waals surface area contributed by atoms with Crippen molar-refractivity contribution in [3.05, 3.63) is 70.9 Å². The van der Waals surface area contributed by atoms with E-state index in [2.05, 4.69) is 16.4 Å². The van der Waals surface area contributed by atoms with Gasteiger partial charge in [0.05, 0.1) is 5.56 Å². The summed E-state index contributed by atoms with van der Waals surface area (Å²) < 4.78 is 0. The highest BCUT2D eigenvalue weighted by Gasteiger charge is 2.12. The summed E-state index contributed by atoms with van der Waals surface area (Å²) in [5.74, 6) is -0.0478. The Balaban J connectivity index is 1.80. The van der Waals surface area contributed by atoms with E-state index in [-0.39, 0.29) is 5.91 Å². The third-order valence-corrected chi connectivity index (χ3v) is 3.70. The Labute approximate surface area is 124 Å². The van der Waals surface area contributed by atoms with Gasteiger partial charge in [0.2, 0.25) is 0 Å². The van der Waals surface area contributed by atoms with Crippen LogP contribution in [0.3, 0.4) is 0 Å². The second-order valence-corrected chi connectivity index (χ2v) is 5.37. The lowest BCUT2D eigenvalue weighted by atomic mass is 10.1. The summed E-state index contributed by atoms with van der Waals surface area (Å²) in [5.41, 5.74) is 5.17. The molecule has 0 atom stereocenters. The number of aryl methyl sites for hydroxylation is 2. The summed E-state index contributed by atoms with van der Waals surface area (Å²) in [7, 11) is 0. The largest absolute Gasteiger partial charge is 0.360 e. The summed E-state index contributed by atoms with van der Waals surface area (Å²) in [6.07, 6.45) is 1.78. The van der Waals surface area contributed by atoms with E-state index in [1.165, 1.54) is 5.56 Å². The van der Waals surface area contributed by atoms with Gasteiger partial charge >= 0.3 is 0 Å². The highest BCUT2D eigenvalue weighted by molar-refractivity contribution is 6.07. The maximum atomic E-state index is 12.4. The van der Waals surface area contributed by atoms with Crippen LogP contribution in [0.1, 0.15) is 27.0 Å². The van der Waals surface area contributed by atoms with Crippen LogP contribution < -0.4 is 5.32 Å². The zero-order valence-corrected chi connectivity index (χ0v) is 12.2. The van der Waals surface area contributed by atoms with Crippen molar-refractivity contribution in [3.63, 3.8) is 0 Å². The number of nitrogens with one attached hydrogen (secondary N) is 2. The van der Waals surface area contributed by atoms with Crippen molar-refractivity contribution in [2.45, 2.75) is 20.4 Å². The minimum atomic E-state index is -0.0478. The van der Waals surface area contributed by atoms with Crippen LogP contribution in [0, 0.1) is 13.8 Å². The average molecular weight is 278 g/mol. The minimum absolute atomic E-state index is 0.0478. The Kier molecular flexibility index (Phi) is 3.48. The molecule has 0 spiro atoms. The van der Waals surface area contributed by atoms with Gasteiger partial charge in [0.1, 0.15) is 0 Å². The van der Waals surface area contributed by atoms with Crippen molar-refractivity contribution in [2.75, 3.05) is 0 Å². The number of H-pyrrole nitrogens is 1. The van der Waals surface area contributed by atoms with Gasteiger partial charge in [0.25, 0.3) is 5.91 Å². The van der Waals surface area contributed by atoms with Gasteiger partial charge in [-0.15, -0.1) is 0 Å². The Morgan fingerprint density at radius 2 is 1.95 bits per heavy atom. The van der Waals surface area contributed by atoms with Gasteiger partial charge in [-0.25, -0.2) is 0 Å². The van der Waals surface area contributed by atoms with Crippen molar-refractivity contribution in [3.8, 4) is 0 Å². The van der Waals surface area contributed by atoms with E-state index in [0.29, 0.717) is 12.1 Å². The number of aromatic nitrogens is 1. The van der Waals surface area contributed by atoms with Crippen molar-refractivity contribution in [2.24, 2.45) is 0 Å². The van der Waals surface area contributed by atoms with E-state index in [9.17, 15) is 4.79 Å². The van der Waals surface area contributed by atoms with Crippen molar-refractivity contribution < 1.29 is 4.79 Å². The first-order valence-electron chi connectivity index (χ1n) is 7.05. The zero-order valence-electron chi connectivity index (χ0n) is 12.2. The predicted molar refractivity (Wildman–Crippen MR) is 85.4 cm³/mol. The fraction of sp³-hybridized carbons (Fsp3) is 0.167. The van der Waals surface area contributed by atoms with Gasteiger partial charge in [0, 0.05) is 23.6 Å². The molecule has 1 heterocycles.